The van der Waals surface area contributed by atoms with Crippen LogP contribution in [0.5, 0.6) is 0 Å². The minimum absolute atomic E-state index is 0.0448. The predicted octanol–water partition coefficient (Wildman–Crippen LogP) is 1.70. The first-order chi connectivity index (χ1) is 9.97. The van der Waals surface area contributed by atoms with Gasteiger partial charge in [-0.2, -0.15) is 0 Å². The Morgan fingerprint density at radius 1 is 1.38 bits per heavy atom. The number of hydrogen-bond donors (Lipinski definition) is 3. The molecule has 0 aliphatic rings. The van der Waals surface area contributed by atoms with E-state index in [1.807, 2.05) is 32.0 Å². The van der Waals surface area contributed by atoms with Crippen LogP contribution in [0.3, 0.4) is 0 Å². The van der Waals surface area contributed by atoms with Crippen LogP contribution in [0.1, 0.15) is 31.9 Å². The molecular weight excluding hydrogens is 268 g/mol. The molecule has 0 aromatic heterocycles. The maximum absolute atomic E-state index is 12.2. The van der Waals surface area contributed by atoms with Gasteiger partial charge in [0.05, 0.1) is 0 Å². The molecule has 1 unspecified atom stereocenters. The summed E-state index contributed by atoms with van der Waals surface area (Å²) in [6, 6.07) is 7.01. The van der Waals surface area contributed by atoms with Crippen molar-refractivity contribution in [1.82, 2.24) is 10.2 Å². The Labute approximate surface area is 125 Å². The minimum atomic E-state index is -0.290. The molecule has 0 saturated carbocycles. The second-order valence-corrected chi connectivity index (χ2v) is 4.94. The molecule has 0 bridgehead atoms. The predicted molar refractivity (Wildman–Crippen MR) is 84.0 cm³/mol. The number of nitrogens with one attached hydrogen (secondary N) is 2. The maximum atomic E-state index is 12.2. The zero-order valence-electron chi connectivity index (χ0n) is 12.8. The molecule has 1 rings (SSSR count). The zero-order chi connectivity index (χ0) is 15.8. The molecule has 0 fully saturated rings. The molecule has 0 heterocycles. The van der Waals surface area contributed by atoms with Crippen molar-refractivity contribution in [1.29, 1.82) is 0 Å². The zero-order valence-corrected chi connectivity index (χ0v) is 12.8. The second kappa shape index (κ2) is 8.26. The summed E-state index contributed by atoms with van der Waals surface area (Å²) in [5, 5.41) is 5.32. The summed E-state index contributed by atoms with van der Waals surface area (Å²) in [5.74, 6) is -0.192. The van der Waals surface area contributed by atoms with Crippen LogP contribution in [0, 0.1) is 0 Å². The van der Waals surface area contributed by atoms with Crippen molar-refractivity contribution in [2.75, 3.05) is 25.5 Å². The summed E-state index contributed by atoms with van der Waals surface area (Å²) in [5.41, 5.74) is 7.45. The Morgan fingerprint density at radius 3 is 2.67 bits per heavy atom. The number of nitrogens with two attached hydrogens (primary N) is 1. The van der Waals surface area contributed by atoms with Gasteiger partial charge in [-0.25, -0.2) is 4.79 Å². The lowest BCUT2D eigenvalue weighted by molar-refractivity contribution is -0.121. The van der Waals surface area contributed by atoms with Crippen molar-refractivity contribution in [2.45, 2.75) is 26.3 Å². The molecule has 1 atom stereocenters. The topological polar surface area (TPSA) is 87.5 Å². The summed E-state index contributed by atoms with van der Waals surface area (Å²) < 4.78 is 0. The number of amides is 3. The highest BCUT2D eigenvalue weighted by Crippen LogP contribution is 2.16. The van der Waals surface area contributed by atoms with E-state index in [4.69, 9.17) is 5.73 Å². The first kappa shape index (κ1) is 17.0. The van der Waals surface area contributed by atoms with Crippen LogP contribution < -0.4 is 16.4 Å². The molecule has 6 heteroatoms. The van der Waals surface area contributed by atoms with Gasteiger partial charge in [-0.1, -0.05) is 19.1 Å². The summed E-state index contributed by atoms with van der Waals surface area (Å²) in [6.07, 6.45) is 0.782. The van der Waals surface area contributed by atoms with Crippen molar-refractivity contribution < 1.29 is 9.59 Å². The van der Waals surface area contributed by atoms with Gasteiger partial charge in [0.2, 0.25) is 5.91 Å². The summed E-state index contributed by atoms with van der Waals surface area (Å²) >= 11 is 0. The van der Waals surface area contributed by atoms with Gasteiger partial charge in [-0.3, -0.25) is 4.79 Å². The molecule has 0 spiro atoms. The number of anilines is 1. The fraction of sp³-hybridized carbons (Fsp3) is 0.467. The second-order valence-electron chi connectivity index (χ2n) is 4.94. The smallest absolute Gasteiger partial charge is 0.322 e. The molecule has 0 radical (unpaired) electrons. The molecule has 0 aliphatic carbocycles. The highest BCUT2D eigenvalue weighted by molar-refractivity contribution is 5.92. The van der Waals surface area contributed by atoms with Gasteiger partial charge in [-0.15, -0.1) is 0 Å². The van der Waals surface area contributed by atoms with Crippen LogP contribution in [0.15, 0.2) is 24.3 Å². The van der Waals surface area contributed by atoms with Crippen LogP contribution in [-0.4, -0.2) is 37.0 Å². The fourth-order valence-corrected chi connectivity index (χ4v) is 1.88. The summed E-state index contributed by atoms with van der Waals surface area (Å²) in [7, 11) is 1.55. The standard InChI is InChI=1S/C15H24N4O2/c1-4-8-19(10-14(20)17-3)15(21)18-13-7-5-6-12(9-13)11(2)16/h5-7,9,11H,4,8,10,16H2,1-3H3,(H,17,20)(H,18,21). The number of rotatable bonds is 6. The highest BCUT2D eigenvalue weighted by atomic mass is 16.2. The SMILES string of the molecule is CCCN(CC(=O)NC)C(=O)Nc1cccc(C(C)N)c1. The lowest BCUT2D eigenvalue weighted by Gasteiger charge is -2.22. The van der Waals surface area contributed by atoms with Crippen LogP contribution >= 0.6 is 0 Å². The van der Waals surface area contributed by atoms with E-state index in [1.54, 1.807) is 13.1 Å². The van der Waals surface area contributed by atoms with Gasteiger partial charge in [0.25, 0.3) is 0 Å². The van der Waals surface area contributed by atoms with E-state index in [0.29, 0.717) is 12.2 Å². The van der Waals surface area contributed by atoms with Crippen molar-refractivity contribution in [2.24, 2.45) is 5.73 Å². The Bertz CT molecular complexity index is 488. The van der Waals surface area contributed by atoms with Crippen LogP contribution in [0.4, 0.5) is 10.5 Å². The molecule has 0 saturated heterocycles. The van der Waals surface area contributed by atoms with Gasteiger partial charge in [0.1, 0.15) is 6.54 Å². The van der Waals surface area contributed by atoms with E-state index >= 15 is 0 Å². The number of carbonyl (C=O) groups is 2. The van der Waals surface area contributed by atoms with Crippen LogP contribution in [0.2, 0.25) is 0 Å². The number of hydrogen-bond acceptors (Lipinski definition) is 3. The molecule has 21 heavy (non-hydrogen) atoms. The third-order valence-electron chi connectivity index (χ3n) is 3.06. The van der Waals surface area contributed by atoms with Crippen molar-refractivity contribution in [3.05, 3.63) is 29.8 Å². The molecule has 6 nitrogen and oxygen atoms in total. The number of likely N-dealkylation sites (N-methyl/N-ethyl adjacent to an activating group) is 1. The minimum Gasteiger partial charge on any atom is -0.358 e. The Kier molecular flexibility index (Phi) is 6.68. The lowest BCUT2D eigenvalue weighted by atomic mass is 10.1. The van der Waals surface area contributed by atoms with Crippen molar-refractivity contribution in [3.8, 4) is 0 Å². The van der Waals surface area contributed by atoms with E-state index in [1.165, 1.54) is 4.90 Å². The number of urea groups is 1. The average Bonchev–Trinajstić information content (AvgIpc) is 2.46. The highest BCUT2D eigenvalue weighted by Gasteiger charge is 2.16. The molecule has 1 aromatic rings. The van der Waals surface area contributed by atoms with E-state index in [2.05, 4.69) is 10.6 Å². The molecule has 116 valence electrons. The van der Waals surface area contributed by atoms with E-state index < -0.39 is 0 Å². The molecule has 4 N–H and O–H groups in total. The lowest BCUT2D eigenvalue weighted by Crippen LogP contribution is -2.42. The number of benzene rings is 1. The summed E-state index contributed by atoms with van der Waals surface area (Å²) in [6.45, 7) is 4.41. The number of nitrogens with zero attached hydrogens (tertiary/aromatic N) is 1. The Balaban J connectivity index is 2.76. The van der Waals surface area contributed by atoms with Crippen molar-refractivity contribution in [3.63, 3.8) is 0 Å². The fourth-order valence-electron chi connectivity index (χ4n) is 1.88. The Hall–Kier alpha value is -2.08. The molecule has 3 amide bonds. The summed E-state index contributed by atoms with van der Waals surface area (Å²) in [4.78, 5) is 25.2. The van der Waals surface area contributed by atoms with Gasteiger partial charge >= 0.3 is 6.03 Å². The number of carbonyl (C=O) groups excluding carboxylic acids is 2. The van der Waals surface area contributed by atoms with E-state index in [-0.39, 0.29) is 24.5 Å². The third kappa shape index (κ3) is 5.43. The molecule has 0 aliphatic heterocycles. The first-order valence-electron chi connectivity index (χ1n) is 7.10. The largest absolute Gasteiger partial charge is 0.358 e. The first-order valence-corrected chi connectivity index (χ1v) is 7.10. The van der Waals surface area contributed by atoms with E-state index in [0.717, 1.165) is 12.0 Å². The molecular formula is C15H24N4O2. The van der Waals surface area contributed by atoms with Gasteiger partial charge < -0.3 is 21.3 Å². The van der Waals surface area contributed by atoms with Gasteiger partial charge in [0, 0.05) is 25.3 Å². The van der Waals surface area contributed by atoms with Gasteiger partial charge in [0.15, 0.2) is 0 Å². The van der Waals surface area contributed by atoms with Gasteiger partial charge in [-0.05, 0) is 31.0 Å². The third-order valence-corrected chi connectivity index (χ3v) is 3.06. The molecule has 1 aromatic carbocycles. The normalized spacial score (nSPS) is 11.6. The maximum Gasteiger partial charge on any atom is 0.322 e. The average molecular weight is 292 g/mol. The quantitative estimate of drug-likeness (QED) is 0.745. The van der Waals surface area contributed by atoms with E-state index in [9.17, 15) is 9.59 Å². The monoisotopic (exact) mass is 292 g/mol. The van der Waals surface area contributed by atoms with Crippen LogP contribution in [0.25, 0.3) is 0 Å². The Morgan fingerprint density at radius 2 is 2.10 bits per heavy atom. The van der Waals surface area contributed by atoms with Crippen molar-refractivity contribution >= 4 is 17.6 Å². The van der Waals surface area contributed by atoms with Crippen LogP contribution in [-0.2, 0) is 4.79 Å².